The summed E-state index contributed by atoms with van der Waals surface area (Å²) in [6.45, 7) is 6.39. The Labute approximate surface area is 191 Å². The third-order valence-electron chi connectivity index (χ3n) is 7.82. The number of alkyl halides is 3. The fraction of sp³-hybridized carbons (Fsp3) is 0.370. The molecule has 0 spiro atoms. The van der Waals surface area contributed by atoms with Crippen molar-refractivity contribution >= 4 is 10.9 Å². The van der Waals surface area contributed by atoms with Gasteiger partial charge in [0.15, 0.2) is 0 Å². The van der Waals surface area contributed by atoms with Crippen molar-refractivity contribution in [2.45, 2.75) is 37.7 Å². The van der Waals surface area contributed by atoms with Gasteiger partial charge in [0.25, 0.3) is 0 Å². The monoisotopic (exact) mass is 453 g/mol. The Morgan fingerprint density at radius 1 is 1.12 bits per heavy atom. The van der Waals surface area contributed by atoms with Gasteiger partial charge in [-0.05, 0) is 35.7 Å². The zero-order valence-electron chi connectivity index (χ0n) is 18.4. The predicted octanol–water partition coefficient (Wildman–Crippen LogP) is 5.90. The van der Waals surface area contributed by atoms with Gasteiger partial charge in [0.1, 0.15) is 18.7 Å². The number of pyridine rings is 1. The van der Waals surface area contributed by atoms with Crippen LogP contribution in [0.2, 0.25) is 0 Å². The molecular formula is C27H28F3N2O+. The van der Waals surface area contributed by atoms with E-state index in [1.807, 2.05) is 36.4 Å². The molecule has 2 bridgehead atoms. The lowest BCUT2D eigenvalue weighted by Crippen LogP contribution is -2.67. The van der Waals surface area contributed by atoms with Crippen molar-refractivity contribution in [2.24, 2.45) is 11.8 Å². The molecule has 6 rings (SSSR count). The van der Waals surface area contributed by atoms with Crippen LogP contribution in [0.1, 0.15) is 35.6 Å². The van der Waals surface area contributed by atoms with Crippen molar-refractivity contribution < 1.29 is 22.8 Å². The van der Waals surface area contributed by atoms with Gasteiger partial charge in [-0.15, -0.1) is 6.58 Å². The first-order valence-electron chi connectivity index (χ1n) is 11.5. The average Bonchev–Trinajstić information content (AvgIpc) is 2.83. The third-order valence-corrected chi connectivity index (χ3v) is 7.82. The summed E-state index contributed by atoms with van der Waals surface area (Å²) in [4.78, 5) is 4.43. The van der Waals surface area contributed by atoms with Gasteiger partial charge in [-0.2, -0.15) is 13.2 Å². The molecule has 0 amide bonds. The Morgan fingerprint density at radius 3 is 2.61 bits per heavy atom. The van der Waals surface area contributed by atoms with Crippen LogP contribution in [-0.2, 0) is 12.7 Å². The first-order chi connectivity index (χ1) is 15.8. The van der Waals surface area contributed by atoms with Crippen LogP contribution in [-0.4, -0.2) is 33.7 Å². The van der Waals surface area contributed by atoms with Gasteiger partial charge in [-0.3, -0.25) is 4.98 Å². The number of hydrogen-bond donors (Lipinski definition) is 1. The average molecular weight is 454 g/mol. The molecule has 4 heterocycles. The molecule has 2 aromatic carbocycles. The Morgan fingerprint density at radius 2 is 1.88 bits per heavy atom. The van der Waals surface area contributed by atoms with Gasteiger partial charge >= 0.3 is 6.18 Å². The first kappa shape index (κ1) is 22.1. The van der Waals surface area contributed by atoms with E-state index in [1.165, 1.54) is 0 Å². The second-order valence-corrected chi connectivity index (χ2v) is 9.59. The molecule has 3 fully saturated rings. The molecule has 1 N–H and O–H groups in total. The molecular weight excluding hydrogens is 425 g/mol. The fourth-order valence-electron chi connectivity index (χ4n) is 6.13. The number of quaternary nitrogens is 1. The summed E-state index contributed by atoms with van der Waals surface area (Å²) in [6.07, 6.45) is 0.648. The third kappa shape index (κ3) is 3.96. The lowest BCUT2D eigenvalue weighted by molar-refractivity contribution is -0.984. The Balaban J connectivity index is 1.51. The van der Waals surface area contributed by atoms with Crippen LogP contribution >= 0.6 is 0 Å². The maximum absolute atomic E-state index is 13.1. The van der Waals surface area contributed by atoms with Crippen molar-refractivity contribution in [1.29, 1.82) is 0 Å². The van der Waals surface area contributed by atoms with E-state index >= 15 is 0 Å². The lowest BCUT2D eigenvalue weighted by atomic mass is 9.71. The van der Waals surface area contributed by atoms with E-state index in [1.54, 1.807) is 18.3 Å². The number of halogens is 3. The molecule has 3 saturated heterocycles. The maximum Gasteiger partial charge on any atom is 0.416 e. The quantitative estimate of drug-likeness (QED) is 0.386. The van der Waals surface area contributed by atoms with Gasteiger partial charge in [-0.1, -0.05) is 36.4 Å². The molecule has 5 atom stereocenters. The summed E-state index contributed by atoms with van der Waals surface area (Å²) in [5, 5.41) is 12.6. The first-order valence-corrected chi connectivity index (χ1v) is 11.5. The highest BCUT2D eigenvalue weighted by atomic mass is 19.4. The number of aliphatic hydroxyl groups excluding tert-OH is 1. The van der Waals surface area contributed by atoms with Crippen molar-refractivity contribution in [2.75, 3.05) is 13.1 Å². The minimum absolute atomic E-state index is 0.0342. The molecule has 33 heavy (non-hydrogen) atoms. The van der Waals surface area contributed by atoms with Crippen molar-refractivity contribution in [3.63, 3.8) is 0 Å². The fourth-order valence-corrected chi connectivity index (χ4v) is 6.13. The van der Waals surface area contributed by atoms with Crippen molar-refractivity contribution in [3.8, 4) is 0 Å². The summed E-state index contributed by atoms with van der Waals surface area (Å²) in [7, 11) is 0. The summed E-state index contributed by atoms with van der Waals surface area (Å²) in [5.41, 5.74) is 1.96. The Hall–Kier alpha value is -2.70. The zero-order chi connectivity index (χ0) is 23.2. The van der Waals surface area contributed by atoms with E-state index in [4.69, 9.17) is 0 Å². The van der Waals surface area contributed by atoms with E-state index in [9.17, 15) is 18.3 Å². The number of para-hydroxylation sites is 1. The smallest absolute Gasteiger partial charge is 0.382 e. The number of aromatic nitrogens is 1. The molecule has 3 aliphatic rings. The van der Waals surface area contributed by atoms with Crippen LogP contribution < -0.4 is 0 Å². The SMILES string of the molecule is C=C[C@H]1C[N+]2(Cc3ccc(C(F)(F)F)cc3)CC[C@H]1C[C@H]2[C@H](O)c1ccnc2ccccc12. The number of fused-ring (bicyclic) bond motifs is 4. The molecule has 0 saturated carbocycles. The van der Waals surface area contributed by atoms with E-state index in [0.29, 0.717) is 22.9 Å². The molecule has 3 aromatic rings. The second kappa shape index (κ2) is 8.26. The number of rotatable bonds is 5. The van der Waals surface area contributed by atoms with Crippen LogP contribution in [0.15, 0.2) is 73.4 Å². The largest absolute Gasteiger partial charge is 0.416 e. The molecule has 1 unspecified atom stereocenters. The molecule has 1 aromatic heterocycles. The van der Waals surface area contributed by atoms with Gasteiger partial charge in [0.05, 0.1) is 24.2 Å². The minimum Gasteiger partial charge on any atom is -0.382 e. The lowest BCUT2D eigenvalue weighted by Gasteiger charge is -2.58. The van der Waals surface area contributed by atoms with E-state index in [0.717, 1.165) is 60.1 Å². The van der Waals surface area contributed by atoms with Crippen LogP contribution in [0.5, 0.6) is 0 Å². The van der Waals surface area contributed by atoms with Gasteiger partial charge < -0.3 is 9.59 Å². The van der Waals surface area contributed by atoms with Gasteiger partial charge in [0.2, 0.25) is 0 Å². The van der Waals surface area contributed by atoms with Crippen LogP contribution in [0.4, 0.5) is 13.2 Å². The van der Waals surface area contributed by atoms with E-state index in [-0.39, 0.29) is 6.04 Å². The molecule has 0 aliphatic carbocycles. The van der Waals surface area contributed by atoms with Gasteiger partial charge in [0, 0.05) is 35.9 Å². The Bertz CT molecular complexity index is 1150. The molecule has 3 aliphatic heterocycles. The summed E-state index contributed by atoms with van der Waals surface area (Å²) < 4.78 is 39.8. The van der Waals surface area contributed by atoms with Crippen molar-refractivity contribution in [3.05, 3.63) is 90.1 Å². The van der Waals surface area contributed by atoms with Crippen LogP contribution in [0.3, 0.4) is 0 Å². The standard InChI is InChI=1S/C27H28F3N2O/c1-2-19-17-32(16-18-7-9-21(10-8-18)27(28,29)30)14-12-20(19)15-25(32)26(33)23-11-13-31-24-6-4-3-5-22(23)24/h2-11,13,19-20,25-26,33H,1,12,14-17H2/q+1/t19-,20-,25-,26+,32?/m0/s1. The zero-order valence-corrected chi connectivity index (χ0v) is 18.4. The summed E-state index contributed by atoms with van der Waals surface area (Å²) in [6, 6.07) is 15.2. The number of aliphatic hydroxyl groups is 1. The summed E-state index contributed by atoms with van der Waals surface area (Å²) in [5.74, 6) is 0.827. The predicted molar refractivity (Wildman–Crippen MR) is 122 cm³/mol. The molecule has 172 valence electrons. The molecule has 6 heteroatoms. The number of hydrogen-bond acceptors (Lipinski definition) is 2. The van der Waals surface area contributed by atoms with E-state index in [2.05, 4.69) is 11.6 Å². The summed E-state index contributed by atoms with van der Waals surface area (Å²) >= 11 is 0. The number of nitrogens with zero attached hydrogens (tertiary/aromatic N) is 2. The number of benzene rings is 2. The van der Waals surface area contributed by atoms with E-state index < -0.39 is 17.8 Å². The highest BCUT2D eigenvalue weighted by Crippen LogP contribution is 2.48. The molecule has 3 nitrogen and oxygen atoms in total. The van der Waals surface area contributed by atoms with Crippen molar-refractivity contribution in [1.82, 2.24) is 4.98 Å². The van der Waals surface area contributed by atoms with Crippen LogP contribution in [0, 0.1) is 11.8 Å². The highest BCUT2D eigenvalue weighted by Gasteiger charge is 2.54. The Kier molecular flexibility index (Phi) is 5.53. The highest BCUT2D eigenvalue weighted by molar-refractivity contribution is 5.82. The normalized spacial score (nSPS) is 28.1. The number of piperidine rings is 3. The van der Waals surface area contributed by atoms with Gasteiger partial charge in [-0.25, -0.2) is 0 Å². The topological polar surface area (TPSA) is 33.1 Å². The second-order valence-electron chi connectivity index (χ2n) is 9.59. The maximum atomic E-state index is 13.1. The molecule has 0 radical (unpaired) electrons. The van der Waals surface area contributed by atoms with Crippen LogP contribution in [0.25, 0.3) is 10.9 Å². The minimum atomic E-state index is -4.34.